The normalized spacial score (nSPS) is 15.9. The highest BCUT2D eigenvalue weighted by Gasteiger charge is 2.13. The van der Waals surface area contributed by atoms with E-state index in [1.165, 1.54) is 0 Å². The van der Waals surface area contributed by atoms with Gasteiger partial charge in [-0.1, -0.05) is 17.7 Å². The molecule has 0 aliphatic rings. The van der Waals surface area contributed by atoms with Crippen LogP contribution in [-0.2, 0) is 0 Å². The summed E-state index contributed by atoms with van der Waals surface area (Å²) < 4.78 is 35.9. The minimum Gasteiger partial charge on any atom is -0.383 e. The summed E-state index contributed by atoms with van der Waals surface area (Å²) in [5, 5.41) is 8.85. The third-order valence-electron chi connectivity index (χ3n) is 1.96. The Labute approximate surface area is 88.3 Å². The van der Waals surface area contributed by atoms with E-state index in [2.05, 4.69) is 0 Å². The Bertz CT molecular complexity index is 234. The number of rotatable bonds is 6. The Balaban J connectivity index is 3.98. The standard InChI is InChI=1S/C11H17F3O/c1-8(6-10(15)11(13)14)4-3-5-9(2)7-12/h5-6,10-11,15H,3-4,7H2,1-2H3. The topological polar surface area (TPSA) is 20.2 Å². The van der Waals surface area contributed by atoms with E-state index in [1.807, 2.05) is 0 Å². The summed E-state index contributed by atoms with van der Waals surface area (Å²) in [6, 6.07) is 0. The average Bonchev–Trinajstić information content (AvgIpc) is 2.17. The van der Waals surface area contributed by atoms with Gasteiger partial charge < -0.3 is 5.11 Å². The first-order valence-corrected chi connectivity index (χ1v) is 4.82. The van der Waals surface area contributed by atoms with E-state index in [0.29, 0.717) is 24.0 Å². The average molecular weight is 222 g/mol. The number of halogens is 3. The quantitative estimate of drug-likeness (QED) is 0.684. The largest absolute Gasteiger partial charge is 0.383 e. The van der Waals surface area contributed by atoms with Gasteiger partial charge >= 0.3 is 0 Å². The third-order valence-corrected chi connectivity index (χ3v) is 1.96. The fourth-order valence-electron chi connectivity index (χ4n) is 1.05. The Morgan fingerprint density at radius 1 is 1.27 bits per heavy atom. The van der Waals surface area contributed by atoms with Crippen molar-refractivity contribution in [2.24, 2.45) is 0 Å². The number of hydrogen-bond donors (Lipinski definition) is 1. The molecule has 15 heavy (non-hydrogen) atoms. The molecule has 0 aromatic heterocycles. The fraction of sp³-hybridized carbons (Fsp3) is 0.636. The molecule has 1 unspecified atom stereocenters. The Morgan fingerprint density at radius 2 is 1.87 bits per heavy atom. The molecule has 0 spiro atoms. The van der Waals surface area contributed by atoms with Crippen molar-refractivity contribution in [3.8, 4) is 0 Å². The molecule has 1 nitrogen and oxygen atoms in total. The maximum Gasteiger partial charge on any atom is 0.267 e. The second-order valence-corrected chi connectivity index (χ2v) is 3.56. The second-order valence-electron chi connectivity index (χ2n) is 3.56. The minimum absolute atomic E-state index is 0.484. The molecule has 1 atom stereocenters. The van der Waals surface area contributed by atoms with Crippen molar-refractivity contribution < 1.29 is 18.3 Å². The van der Waals surface area contributed by atoms with Gasteiger partial charge in [0.2, 0.25) is 0 Å². The SMILES string of the molecule is CC(=CCCC(C)=CC(O)C(F)F)CF. The maximum absolute atomic E-state index is 12.0. The Morgan fingerprint density at radius 3 is 2.33 bits per heavy atom. The fourth-order valence-corrected chi connectivity index (χ4v) is 1.05. The lowest BCUT2D eigenvalue weighted by Crippen LogP contribution is -2.14. The van der Waals surface area contributed by atoms with Gasteiger partial charge in [0.15, 0.2) is 0 Å². The zero-order valence-corrected chi connectivity index (χ0v) is 9.01. The van der Waals surface area contributed by atoms with E-state index in [0.717, 1.165) is 6.08 Å². The number of hydrogen-bond acceptors (Lipinski definition) is 1. The Hall–Kier alpha value is -0.770. The van der Waals surface area contributed by atoms with Crippen molar-refractivity contribution in [1.82, 2.24) is 0 Å². The molecular weight excluding hydrogens is 205 g/mol. The van der Waals surface area contributed by atoms with Crippen molar-refractivity contribution in [3.05, 3.63) is 23.3 Å². The minimum atomic E-state index is -2.75. The molecule has 0 heterocycles. The smallest absolute Gasteiger partial charge is 0.267 e. The molecule has 0 amide bonds. The van der Waals surface area contributed by atoms with Crippen LogP contribution in [0.3, 0.4) is 0 Å². The van der Waals surface area contributed by atoms with Gasteiger partial charge in [-0.25, -0.2) is 13.2 Å². The van der Waals surface area contributed by atoms with Crippen LogP contribution in [0.5, 0.6) is 0 Å². The molecule has 0 aliphatic heterocycles. The molecular formula is C11H17F3O. The summed E-state index contributed by atoms with van der Waals surface area (Å²) >= 11 is 0. The van der Waals surface area contributed by atoms with E-state index in [9.17, 15) is 13.2 Å². The first kappa shape index (κ1) is 14.2. The lowest BCUT2D eigenvalue weighted by atomic mass is 10.1. The van der Waals surface area contributed by atoms with Gasteiger partial charge in [0.1, 0.15) is 12.8 Å². The maximum atomic E-state index is 12.0. The second kappa shape index (κ2) is 7.51. The highest BCUT2D eigenvalue weighted by Crippen LogP contribution is 2.11. The zero-order valence-electron chi connectivity index (χ0n) is 9.01. The van der Waals surface area contributed by atoms with Gasteiger partial charge in [0, 0.05) is 0 Å². The van der Waals surface area contributed by atoms with Gasteiger partial charge in [0.05, 0.1) is 0 Å². The van der Waals surface area contributed by atoms with Crippen LogP contribution in [0.25, 0.3) is 0 Å². The summed E-state index contributed by atoms with van der Waals surface area (Å²) in [5.41, 5.74) is 1.32. The number of aliphatic hydroxyl groups is 1. The predicted molar refractivity (Wildman–Crippen MR) is 54.7 cm³/mol. The van der Waals surface area contributed by atoms with Crippen LogP contribution in [0.2, 0.25) is 0 Å². The van der Waals surface area contributed by atoms with E-state index in [1.54, 1.807) is 19.9 Å². The van der Waals surface area contributed by atoms with Gasteiger partial charge in [0.25, 0.3) is 6.43 Å². The summed E-state index contributed by atoms with van der Waals surface area (Å²) in [4.78, 5) is 0. The van der Waals surface area contributed by atoms with Gasteiger partial charge in [-0.15, -0.1) is 0 Å². The molecule has 0 saturated heterocycles. The van der Waals surface area contributed by atoms with Crippen LogP contribution < -0.4 is 0 Å². The molecule has 4 heteroatoms. The van der Waals surface area contributed by atoms with Crippen molar-refractivity contribution >= 4 is 0 Å². The molecule has 88 valence electrons. The van der Waals surface area contributed by atoms with E-state index in [4.69, 9.17) is 5.11 Å². The summed E-state index contributed by atoms with van der Waals surface area (Å²) in [5.74, 6) is 0. The van der Waals surface area contributed by atoms with Crippen LogP contribution in [0.15, 0.2) is 23.3 Å². The zero-order chi connectivity index (χ0) is 11.8. The molecule has 0 bridgehead atoms. The lowest BCUT2D eigenvalue weighted by molar-refractivity contribution is 0.0236. The third kappa shape index (κ3) is 7.19. The van der Waals surface area contributed by atoms with Crippen molar-refractivity contribution in [2.45, 2.75) is 39.2 Å². The first-order valence-electron chi connectivity index (χ1n) is 4.82. The number of allylic oxidation sites excluding steroid dienone is 3. The highest BCUT2D eigenvalue weighted by molar-refractivity contribution is 5.06. The molecule has 0 saturated carbocycles. The number of alkyl halides is 3. The van der Waals surface area contributed by atoms with Crippen LogP contribution >= 0.6 is 0 Å². The van der Waals surface area contributed by atoms with Gasteiger partial charge in [-0.3, -0.25) is 0 Å². The Kier molecular flexibility index (Phi) is 7.13. The van der Waals surface area contributed by atoms with Crippen LogP contribution in [0.1, 0.15) is 26.7 Å². The van der Waals surface area contributed by atoms with E-state index < -0.39 is 19.2 Å². The van der Waals surface area contributed by atoms with Gasteiger partial charge in [-0.2, -0.15) is 0 Å². The lowest BCUT2D eigenvalue weighted by Gasteiger charge is -2.05. The first-order chi connectivity index (χ1) is 6.97. The molecule has 0 radical (unpaired) electrons. The highest BCUT2D eigenvalue weighted by atomic mass is 19.3. The molecule has 0 aromatic rings. The van der Waals surface area contributed by atoms with Crippen LogP contribution in [-0.4, -0.2) is 24.3 Å². The van der Waals surface area contributed by atoms with Crippen molar-refractivity contribution in [2.75, 3.05) is 6.67 Å². The van der Waals surface area contributed by atoms with Crippen LogP contribution in [0.4, 0.5) is 13.2 Å². The van der Waals surface area contributed by atoms with Crippen molar-refractivity contribution in [3.63, 3.8) is 0 Å². The van der Waals surface area contributed by atoms with E-state index >= 15 is 0 Å². The van der Waals surface area contributed by atoms with Crippen LogP contribution in [0, 0.1) is 0 Å². The molecule has 0 fully saturated rings. The van der Waals surface area contributed by atoms with Crippen molar-refractivity contribution in [1.29, 1.82) is 0 Å². The summed E-state index contributed by atoms with van der Waals surface area (Å²) in [6.45, 7) is 2.86. The van der Waals surface area contributed by atoms with E-state index in [-0.39, 0.29) is 0 Å². The number of aliphatic hydroxyl groups excluding tert-OH is 1. The molecule has 1 N–H and O–H groups in total. The molecule has 0 aliphatic carbocycles. The predicted octanol–water partition coefficient (Wildman–Crippen LogP) is 3.25. The summed E-state index contributed by atoms with van der Waals surface area (Å²) in [7, 11) is 0. The molecule has 0 rings (SSSR count). The molecule has 0 aromatic carbocycles. The van der Waals surface area contributed by atoms with Gasteiger partial charge in [-0.05, 0) is 32.3 Å². The monoisotopic (exact) mass is 222 g/mol. The summed E-state index contributed by atoms with van der Waals surface area (Å²) in [6.07, 6.45) is -0.413.